The minimum atomic E-state index is 0.375. The third-order valence-corrected chi connectivity index (χ3v) is 3.51. The maximum Gasteiger partial charge on any atom is 0.188 e. The fraction of sp³-hybridized carbons (Fsp3) is 0.353. The number of aryl methyl sites for hydroxylation is 1. The molecule has 3 aromatic rings. The second kappa shape index (κ2) is 7.58. The van der Waals surface area contributed by atoms with E-state index in [1.54, 1.807) is 12.5 Å². The maximum atomic E-state index is 5.74. The molecule has 23 heavy (non-hydrogen) atoms. The highest BCUT2D eigenvalue weighted by atomic mass is 16.5. The van der Waals surface area contributed by atoms with Crippen molar-refractivity contribution >= 4 is 0 Å². The van der Waals surface area contributed by atoms with Crippen LogP contribution < -0.4 is 4.74 Å². The third-order valence-electron chi connectivity index (χ3n) is 3.51. The number of benzene rings is 1. The summed E-state index contributed by atoms with van der Waals surface area (Å²) in [5, 5.41) is 4.59. The van der Waals surface area contributed by atoms with Crippen molar-refractivity contribution in [2.75, 3.05) is 0 Å². The van der Waals surface area contributed by atoms with Crippen LogP contribution in [-0.4, -0.2) is 24.3 Å². The van der Waals surface area contributed by atoms with E-state index in [4.69, 9.17) is 4.74 Å². The zero-order valence-electron chi connectivity index (χ0n) is 13.3. The molecule has 0 aliphatic rings. The van der Waals surface area contributed by atoms with Crippen LogP contribution in [0.15, 0.2) is 49.1 Å². The Kier molecular flexibility index (Phi) is 5.03. The molecule has 2 heterocycles. The predicted molar refractivity (Wildman–Crippen MR) is 87.0 cm³/mol. The van der Waals surface area contributed by atoms with Crippen LogP contribution in [0.1, 0.15) is 31.4 Å². The molecule has 0 amide bonds. The van der Waals surface area contributed by atoms with E-state index in [9.17, 15) is 0 Å². The second-order valence-corrected chi connectivity index (χ2v) is 5.36. The number of para-hydroxylation sites is 1. The van der Waals surface area contributed by atoms with Crippen molar-refractivity contribution < 1.29 is 4.74 Å². The topological polar surface area (TPSA) is 57.8 Å². The molecule has 0 bridgehead atoms. The quantitative estimate of drug-likeness (QED) is 0.642. The average molecular weight is 311 g/mol. The Morgan fingerprint density at radius 1 is 1.17 bits per heavy atom. The van der Waals surface area contributed by atoms with Gasteiger partial charge in [-0.05, 0) is 18.6 Å². The summed E-state index contributed by atoms with van der Waals surface area (Å²) in [6.45, 7) is 4.09. The van der Waals surface area contributed by atoms with E-state index in [1.807, 2.05) is 45.8 Å². The smallest absolute Gasteiger partial charge is 0.188 e. The molecule has 0 radical (unpaired) electrons. The van der Waals surface area contributed by atoms with Crippen LogP contribution in [0.25, 0.3) is 0 Å². The van der Waals surface area contributed by atoms with Crippen LogP contribution in [0.2, 0.25) is 0 Å². The van der Waals surface area contributed by atoms with Gasteiger partial charge in [-0.2, -0.15) is 5.10 Å². The lowest BCUT2D eigenvalue weighted by Gasteiger charge is -2.05. The van der Waals surface area contributed by atoms with Crippen molar-refractivity contribution in [3.8, 4) is 5.75 Å². The van der Waals surface area contributed by atoms with E-state index >= 15 is 0 Å². The molecule has 0 fully saturated rings. The average Bonchev–Trinajstić information content (AvgIpc) is 3.22. The minimum absolute atomic E-state index is 0.375. The zero-order valence-corrected chi connectivity index (χ0v) is 13.3. The Hall–Kier alpha value is -2.63. The summed E-state index contributed by atoms with van der Waals surface area (Å²) < 4.78 is 9.72. The Morgan fingerprint density at radius 3 is 2.78 bits per heavy atom. The third kappa shape index (κ3) is 4.18. The number of hydrogen-bond acceptors (Lipinski definition) is 4. The molecule has 0 saturated heterocycles. The van der Waals surface area contributed by atoms with E-state index in [0.29, 0.717) is 19.0 Å². The summed E-state index contributed by atoms with van der Waals surface area (Å²) in [5.41, 5.74) is 0. The largest absolute Gasteiger partial charge is 0.486 e. The van der Waals surface area contributed by atoms with Gasteiger partial charge in [-0.15, -0.1) is 0 Å². The number of rotatable bonds is 8. The monoisotopic (exact) mass is 311 g/mol. The van der Waals surface area contributed by atoms with E-state index in [1.165, 1.54) is 0 Å². The van der Waals surface area contributed by atoms with Gasteiger partial charge in [0, 0.05) is 18.9 Å². The minimum Gasteiger partial charge on any atom is -0.486 e. The molecule has 6 heteroatoms. The van der Waals surface area contributed by atoms with Crippen LogP contribution in [0.4, 0.5) is 0 Å². The number of aromatic nitrogens is 5. The van der Waals surface area contributed by atoms with E-state index < -0.39 is 0 Å². The van der Waals surface area contributed by atoms with Crippen molar-refractivity contribution in [1.82, 2.24) is 24.3 Å². The van der Waals surface area contributed by atoms with Gasteiger partial charge in [0.2, 0.25) is 0 Å². The summed E-state index contributed by atoms with van der Waals surface area (Å²) in [5.74, 6) is 2.47. The first kappa shape index (κ1) is 15.3. The summed E-state index contributed by atoms with van der Waals surface area (Å²) in [7, 11) is 0. The molecule has 0 atom stereocenters. The Morgan fingerprint density at radius 2 is 2.04 bits per heavy atom. The van der Waals surface area contributed by atoms with Gasteiger partial charge < -0.3 is 9.30 Å². The fourth-order valence-corrected chi connectivity index (χ4v) is 2.30. The number of imidazole rings is 1. The van der Waals surface area contributed by atoms with Crippen LogP contribution in [-0.2, 0) is 19.7 Å². The standard InChI is InChI=1S/C17H21N5O/c1-2-3-10-22-17(12-21-11-9-18-14-21)19-16(20-22)13-23-15-7-5-4-6-8-15/h4-9,11,14H,2-3,10,12-13H2,1H3. The number of nitrogens with zero attached hydrogens (tertiary/aromatic N) is 5. The van der Waals surface area contributed by atoms with Crippen molar-refractivity contribution in [1.29, 1.82) is 0 Å². The van der Waals surface area contributed by atoms with Crippen molar-refractivity contribution in [2.24, 2.45) is 0 Å². The molecular weight excluding hydrogens is 290 g/mol. The molecule has 0 aliphatic carbocycles. The van der Waals surface area contributed by atoms with E-state index in [0.717, 1.165) is 31.0 Å². The van der Waals surface area contributed by atoms with Crippen LogP contribution in [0.3, 0.4) is 0 Å². The van der Waals surface area contributed by atoms with Crippen molar-refractivity contribution in [3.63, 3.8) is 0 Å². The van der Waals surface area contributed by atoms with E-state index in [2.05, 4.69) is 22.0 Å². The van der Waals surface area contributed by atoms with Crippen molar-refractivity contribution in [2.45, 2.75) is 39.5 Å². The molecule has 0 N–H and O–H groups in total. The number of unbranched alkanes of at least 4 members (excludes halogenated alkanes) is 1. The molecule has 120 valence electrons. The van der Waals surface area contributed by atoms with Gasteiger partial charge in [0.15, 0.2) is 5.82 Å². The normalized spacial score (nSPS) is 10.8. The Balaban J connectivity index is 1.71. The van der Waals surface area contributed by atoms with E-state index in [-0.39, 0.29) is 0 Å². The van der Waals surface area contributed by atoms with Gasteiger partial charge in [0.05, 0.1) is 12.9 Å². The Labute approximate surface area is 135 Å². The number of ether oxygens (including phenoxy) is 1. The SMILES string of the molecule is CCCCn1nc(COc2ccccc2)nc1Cn1ccnc1. The summed E-state index contributed by atoms with van der Waals surface area (Å²) >= 11 is 0. The molecular formula is C17H21N5O. The molecule has 6 nitrogen and oxygen atoms in total. The predicted octanol–water partition coefficient (Wildman–Crippen LogP) is 2.90. The fourth-order valence-electron chi connectivity index (χ4n) is 2.30. The number of hydrogen-bond donors (Lipinski definition) is 0. The van der Waals surface area contributed by atoms with Crippen molar-refractivity contribution in [3.05, 3.63) is 60.7 Å². The maximum absolute atomic E-state index is 5.74. The lowest BCUT2D eigenvalue weighted by Crippen LogP contribution is -2.09. The molecule has 1 aromatic carbocycles. The molecule has 2 aromatic heterocycles. The highest BCUT2D eigenvalue weighted by Gasteiger charge is 2.11. The lowest BCUT2D eigenvalue weighted by molar-refractivity contribution is 0.295. The van der Waals surface area contributed by atoms with Crippen LogP contribution in [0, 0.1) is 0 Å². The first-order valence-electron chi connectivity index (χ1n) is 7.91. The first-order chi connectivity index (χ1) is 11.3. The van der Waals surface area contributed by atoms with Gasteiger partial charge in [0.1, 0.15) is 18.2 Å². The van der Waals surface area contributed by atoms with Gasteiger partial charge in [-0.1, -0.05) is 31.5 Å². The van der Waals surface area contributed by atoms with Gasteiger partial charge in [-0.3, -0.25) is 0 Å². The molecule has 0 spiro atoms. The van der Waals surface area contributed by atoms with Gasteiger partial charge >= 0.3 is 0 Å². The molecule has 0 saturated carbocycles. The molecule has 0 aliphatic heterocycles. The summed E-state index contributed by atoms with van der Waals surface area (Å²) in [6.07, 6.45) is 7.70. The zero-order chi connectivity index (χ0) is 15.9. The Bertz CT molecular complexity index is 706. The summed E-state index contributed by atoms with van der Waals surface area (Å²) in [4.78, 5) is 8.71. The molecule has 0 unspecified atom stereocenters. The molecule has 3 rings (SSSR count). The van der Waals surface area contributed by atoms with Gasteiger partial charge in [-0.25, -0.2) is 14.6 Å². The highest BCUT2D eigenvalue weighted by Crippen LogP contribution is 2.11. The lowest BCUT2D eigenvalue weighted by atomic mass is 10.3. The van der Waals surface area contributed by atoms with Gasteiger partial charge in [0.25, 0.3) is 0 Å². The first-order valence-corrected chi connectivity index (χ1v) is 7.91. The van der Waals surface area contributed by atoms with Crippen LogP contribution in [0.5, 0.6) is 5.75 Å². The van der Waals surface area contributed by atoms with Crippen LogP contribution >= 0.6 is 0 Å². The second-order valence-electron chi connectivity index (χ2n) is 5.36. The summed E-state index contributed by atoms with van der Waals surface area (Å²) in [6, 6.07) is 9.73. The highest BCUT2D eigenvalue weighted by molar-refractivity contribution is 5.21.